The Hall–Kier alpha value is 0.270. The Labute approximate surface area is 107 Å². The van der Waals surface area contributed by atoms with Gasteiger partial charge in [-0.1, -0.05) is 20.3 Å². The lowest BCUT2D eigenvalue weighted by atomic mass is 10.1. The predicted molar refractivity (Wildman–Crippen MR) is 77.5 cm³/mol. The lowest BCUT2D eigenvalue weighted by Gasteiger charge is -2.17. The van der Waals surface area contributed by atoms with E-state index in [2.05, 4.69) is 42.7 Å². The van der Waals surface area contributed by atoms with Crippen molar-refractivity contribution in [2.45, 2.75) is 46.1 Å². The van der Waals surface area contributed by atoms with Crippen LogP contribution < -0.4 is 5.32 Å². The van der Waals surface area contributed by atoms with Gasteiger partial charge < -0.3 is 10.2 Å². The zero-order chi connectivity index (χ0) is 12.2. The normalized spacial score (nSPS) is 13.3. The van der Waals surface area contributed by atoms with Gasteiger partial charge in [0.15, 0.2) is 0 Å². The Balaban J connectivity index is 3.15. The van der Waals surface area contributed by atoms with Crippen molar-refractivity contribution in [2.75, 3.05) is 38.2 Å². The summed E-state index contributed by atoms with van der Waals surface area (Å²) in [7, 11) is 2.05. The maximum Gasteiger partial charge on any atom is 0.00721 e. The molecule has 0 radical (unpaired) electrons. The van der Waals surface area contributed by atoms with E-state index in [-0.39, 0.29) is 0 Å². The molecule has 0 bridgehead atoms. The third-order valence-electron chi connectivity index (χ3n) is 3.11. The number of hydrogen-bond acceptors (Lipinski definition) is 3. The number of nitrogens with zero attached hydrogens (tertiary/aromatic N) is 1. The van der Waals surface area contributed by atoms with Crippen LogP contribution in [0.25, 0.3) is 0 Å². The second-order valence-electron chi connectivity index (χ2n) is 4.32. The zero-order valence-electron chi connectivity index (χ0n) is 11.6. The topological polar surface area (TPSA) is 15.3 Å². The van der Waals surface area contributed by atoms with E-state index in [0.717, 1.165) is 0 Å². The summed E-state index contributed by atoms with van der Waals surface area (Å²) < 4.78 is 0. The molecule has 0 aliphatic rings. The van der Waals surface area contributed by atoms with Crippen LogP contribution in [0.1, 0.15) is 40.0 Å². The second kappa shape index (κ2) is 11.7. The molecule has 0 spiro atoms. The lowest BCUT2D eigenvalue weighted by Crippen LogP contribution is -2.25. The van der Waals surface area contributed by atoms with Crippen LogP contribution in [0.2, 0.25) is 0 Å². The van der Waals surface area contributed by atoms with Crippen molar-refractivity contribution in [3.63, 3.8) is 0 Å². The number of nitrogens with one attached hydrogen (secondary N) is 1. The molecular weight excluding hydrogens is 216 g/mol. The highest BCUT2D eigenvalue weighted by Gasteiger charge is 1.99. The van der Waals surface area contributed by atoms with E-state index in [9.17, 15) is 0 Å². The first kappa shape index (κ1) is 16.3. The maximum absolute atomic E-state index is 3.28. The minimum atomic E-state index is 0.681. The van der Waals surface area contributed by atoms with Crippen LogP contribution in [-0.2, 0) is 0 Å². The summed E-state index contributed by atoms with van der Waals surface area (Å²) in [4.78, 5) is 2.50. The summed E-state index contributed by atoms with van der Waals surface area (Å²) in [5.41, 5.74) is 0. The van der Waals surface area contributed by atoms with E-state index >= 15 is 0 Å². The zero-order valence-corrected chi connectivity index (χ0v) is 12.4. The van der Waals surface area contributed by atoms with Crippen LogP contribution in [-0.4, -0.2) is 49.1 Å². The molecule has 2 nitrogen and oxygen atoms in total. The van der Waals surface area contributed by atoms with Crippen LogP contribution >= 0.6 is 11.8 Å². The molecule has 0 fully saturated rings. The van der Waals surface area contributed by atoms with E-state index in [0.29, 0.717) is 6.04 Å². The van der Waals surface area contributed by atoms with Gasteiger partial charge in [0.1, 0.15) is 0 Å². The summed E-state index contributed by atoms with van der Waals surface area (Å²) in [6.45, 7) is 10.4. The smallest absolute Gasteiger partial charge is 0.00721 e. The monoisotopic (exact) mass is 246 g/mol. The quantitative estimate of drug-likeness (QED) is 0.564. The highest BCUT2D eigenvalue weighted by Crippen LogP contribution is 2.08. The molecule has 0 aliphatic heterocycles. The molecule has 98 valence electrons. The maximum atomic E-state index is 3.28. The van der Waals surface area contributed by atoms with Gasteiger partial charge in [0.2, 0.25) is 0 Å². The molecule has 1 N–H and O–H groups in total. The molecule has 0 saturated carbocycles. The molecule has 0 rings (SSSR count). The van der Waals surface area contributed by atoms with Gasteiger partial charge in [-0.25, -0.2) is 0 Å². The van der Waals surface area contributed by atoms with Crippen molar-refractivity contribution < 1.29 is 0 Å². The Bertz CT molecular complexity index is 138. The van der Waals surface area contributed by atoms with Crippen molar-refractivity contribution in [2.24, 2.45) is 0 Å². The van der Waals surface area contributed by atoms with Crippen LogP contribution in [0.4, 0.5) is 0 Å². The first-order chi connectivity index (χ1) is 7.74. The van der Waals surface area contributed by atoms with Crippen molar-refractivity contribution in [1.82, 2.24) is 10.2 Å². The average molecular weight is 246 g/mol. The SMILES string of the molecule is CCN(CC)CCSCCCCC(C)NC. The summed E-state index contributed by atoms with van der Waals surface area (Å²) in [6.07, 6.45) is 4.04. The Kier molecular flexibility index (Phi) is 11.9. The Morgan fingerprint density at radius 2 is 1.81 bits per heavy atom. The molecule has 0 aliphatic carbocycles. The lowest BCUT2D eigenvalue weighted by molar-refractivity contribution is 0.324. The summed E-state index contributed by atoms with van der Waals surface area (Å²) in [5.74, 6) is 2.63. The summed E-state index contributed by atoms with van der Waals surface area (Å²) >= 11 is 2.11. The molecule has 0 aromatic heterocycles. The summed E-state index contributed by atoms with van der Waals surface area (Å²) in [5, 5.41) is 3.28. The Morgan fingerprint density at radius 1 is 1.12 bits per heavy atom. The van der Waals surface area contributed by atoms with Crippen molar-refractivity contribution in [3.05, 3.63) is 0 Å². The molecule has 0 amide bonds. The molecule has 1 atom stereocenters. The number of hydrogen-bond donors (Lipinski definition) is 1. The molecule has 3 heteroatoms. The van der Waals surface area contributed by atoms with Gasteiger partial charge in [0, 0.05) is 18.3 Å². The van der Waals surface area contributed by atoms with Gasteiger partial charge in [-0.3, -0.25) is 0 Å². The van der Waals surface area contributed by atoms with Crippen molar-refractivity contribution in [1.29, 1.82) is 0 Å². The predicted octanol–water partition coefficient (Wildman–Crippen LogP) is 2.84. The third-order valence-corrected chi connectivity index (χ3v) is 4.16. The number of unbranched alkanes of at least 4 members (excludes halogenated alkanes) is 1. The average Bonchev–Trinajstić information content (AvgIpc) is 2.32. The molecule has 0 saturated heterocycles. The van der Waals surface area contributed by atoms with Gasteiger partial charge in [-0.2, -0.15) is 11.8 Å². The number of thioether (sulfide) groups is 1. The molecule has 0 aromatic carbocycles. The highest BCUT2D eigenvalue weighted by atomic mass is 32.2. The van der Waals surface area contributed by atoms with Gasteiger partial charge in [-0.05, 0) is 45.7 Å². The minimum Gasteiger partial charge on any atom is -0.317 e. The third kappa shape index (κ3) is 9.49. The van der Waals surface area contributed by atoms with E-state index in [1.807, 2.05) is 7.05 Å². The first-order valence-corrected chi connectivity index (χ1v) is 7.87. The molecular formula is C13H30N2S. The van der Waals surface area contributed by atoms with Gasteiger partial charge in [-0.15, -0.1) is 0 Å². The highest BCUT2D eigenvalue weighted by molar-refractivity contribution is 7.99. The van der Waals surface area contributed by atoms with Crippen LogP contribution in [0, 0.1) is 0 Å². The largest absolute Gasteiger partial charge is 0.317 e. The van der Waals surface area contributed by atoms with E-state index < -0.39 is 0 Å². The second-order valence-corrected chi connectivity index (χ2v) is 5.55. The van der Waals surface area contributed by atoms with Crippen LogP contribution in [0.15, 0.2) is 0 Å². The van der Waals surface area contributed by atoms with E-state index in [1.165, 1.54) is 50.4 Å². The van der Waals surface area contributed by atoms with Crippen LogP contribution in [0.3, 0.4) is 0 Å². The van der Waals surface area contributed by atoms with Gasteiger partial charge in [0.05, 0.1) is 0 Å². The molecule has 0 aromatic rings. The van der Waals surface area contributed by atoms with E-state index in [1.54, 1.807) is 0 Å². The first-order valence-electron chi connectivity index (χ1n) is 6.71. The van der Waals surface area contributed by atoms with E-state index in [4.69, 9.17) is 0 Å². The fourth-order valence-electron chi connectivity index (χ4n) is 1.63. The van der Waals surface area contributed by atoms with Crippen molar-refractivity contribution in [3.8, 4) is 0 Å². The molecule has 16 heavy (non-hydrogen) atoms. The standard InChI is InChI=1S/C13H30N2S/c1-5-15(6-2)10-12-16-11-8-7-9-13(3)14-4/h13-14H,5-12H2,1-4H3. The van der Waals surface area contributed by atoms with Gasteiger partial charge >= 0.3 is 0 Å². The number of rotatable bonds is 11. The summed E-state index contributed by atoms with van der Waals surface area (Å²) in [6, 6.07) is 0.681. The molecule has 0 heterocycles. The van der Waals surface area contributed by atoms with Crippen LogP contribution in [0.5, 0.6) is 0 Å². The fraction of sp³-hybridized carbons (Fsp3) is 1.00. The van der Waals surface area contributed by atoms with Crippen molar-refractivity contribution >= 4 is 11.8 Å². The fourth-order valence-corrected chi connectivity index (χ4v) is 2.63. The van der Waals surface area contributed by atoms with Gasteiger partial charge in [0.25, 0.3) is 0 Å². The minimum absolute atomic E-state index is 0.681. The Morgan fingerprint density at radius 3 is 2.38 bits per heavy atom. The molecule has 1 unspecified atom stereocenters.